The van der Waals surface area contributed by atoms with Gasteiger partial charge in [0.2, 0.25) is 0 Å². The Bertz CT molecular complexity index is 537. The summed E-state index contributed by atoms with van der Waals surface area (Å²) in [5.41, 5.74) is 0.542. The average Bonchev–Trinajstić information content (AvgIpc) is 2.36. The first-order valence-corrected chi connectivity index (χ1v) is 6.12. The first-order chi connectivity index (χ1) is 8.18. The molecule has 1 aromatic rings. The molecule has 0 radical (unpaired) electrons. The van der Waals surface area contributed by atoms with Gasteiger partial charge in [0.25, 0.3) is 0 Å². The minimum atomic E-state index is -0.454. The average molecular weight is 234 g/mol. The van der Waals surface area contributed by atoms with Crippen LogP contribution in [0.15, 0.2) is 33.6 Å². The van der Waals surface area contributed by atoms with E-state index >= 15 is 0 Å². The Morgan fingerprint density at radius 3 is 2.71 bits per heavy atom. The van der Waals surface area contributed by atoms with Crippen molar-refractivity contribution in [2.45, 2.75) is 38.6 Å². The Labute approximate surface area is 100 Å². The van der Waals surface area contributed by atoms with E-state index in [9.17, 15) is 9.59 Å². The number of aromatic nitrogens is 2. The first-order valence-electron chi connectivity index (χ1n) is 6.12. The molecule has 0 bridgehead atoms. The third-order valence-corrected chi connectivity index (χ3v) is 3.29. The van der Waals surface area contributed by atoms with Gasteiger partial charge < -0.3 is 9.13 Å². The van der Waals surface area contributed by atoms with E-state index in [0.29, 0.717) is 6.54 Å². The van der Waals surface area contributed by atoms with Crippen molar-refractivity contribution in [3.05, 3.63) is 44.8 Å². The second-order valence-corrected chi connectivity index (χ2v) is 4.57. The maximum absolute atomic E-state index is 11.7. The van der Waals surface area contributed by atoms with Crippen molar-refractivity contribution in [1.29, 1.82) is 0 Å². The number of aryl methyl sites for hydroxylation is 2. The summed E-state index contributed by atoms with van der Waals surface area (Å²) >= 11 is 0. The minimum absolute atomic E-state index is 0.425. The largest absolute Gasteiger partial charge is 0.316 e. The van der Waals surface area contributed by atoms with Gasteiger partial charge in [-0.3, -0.25) is 9.59 Å². The van der Waals surface area contributed by atoms with Crippen LogP contribution >= 0.6 is 0 Å². The van der Waals surface area contributed by atoms with Crippen LogP contribution in [0, 0.1) is 0 Å². The topological polar surface area (TPSA) is 44.0 Å². The molecule has 0 amide bonds. The van der Waals surface area contributed by atoms with Crippen LogP contribution < -0.4 is 11.1 Å². The van der Waals surface area contributed by atoms with Gasteiger partial charge in [0.05, 0.1) is 0 Å². The monoisotopic (exact) mass is 234 g/mol. The molecule has 0 saturated heterocycles. The highest BCUT2D eigenvalue weighted by atomic mass is 16.2. The summed E-state index contributed by atoms with van der Waals surface area (Å²) in [6.07, 6.45) is 11.3. The fourth-order valence-corrected chi connectivity index (χ4v) is 2.16. The minimum Gasteiger partial charge on any atom is -0.312 e. The van der Waals surface area contributed by atoms with E-state index in [-0.39, 0.29) is 0 Å². The van der Waals surface area contributed by atoms with Crippen molar-refractivity contribution in [1.82, 2.24) is 9.13 Å². The highest BCUT2D eigenvalue weighted by Gasteiger charge is 2.06. The van der Waals surface area contributed by atoms with E-state index in [4.69, 9.17) is 0 Å². The zero-order chi connectivity index (χ0) is 12.3. The van der Waals surface area contributed by atoms with Crippen LogP contribution in [0.5, 0.6) is 0 Å². The molecule has 0 atom stereocenters. The van der Waals surface area contributed by atoms with Gasteiger partial charge in [-0.1, -0.05) is 11.6 Å². The van der Waals surface area contributed by atoms with Gasteiger partial charge in [0.1, 0.15) is 0 Å². The molecule has 0 spiro atoms. The van der Waals surface area contributed by atoms with Gasteiger partial charge in [-0.15, -0.1) is 0 Å². The molecule has 92 valence electrons. The normalized spacial score (nSPS) is 15.7. The van der Waals surface area contributed by atoms with Gasteiger partial charge in [-0.25, -0.2) is 0 Å². The molecule has 0 unspecified atom stereocenters. The van der Waals surface area contributed by atoms with Gasteiger partial charge in [-0.05, 0) is 32.1 Å². The second-order valence-electron chi connectivity index (χ2n) is 4.57. The predicted octanol–water partition coefficient (Wildman–Crippen LogP) is 1.44. The molecule has 4 nitrogen and oxygen atoms in total. The number of hydrogen-bond acceptors (Lipinski definition) is 2. The zero-order valence-electron chi connectivity index (χ0n) is 10.2. The van der Waals surface area contributed by atoms with E-state index in [0.717, 1.165) is 19.3 Å². The Morgan fingerprint density at radius 2 is 2.00 bits per heavy atom. The number of nitrogens with zero attached hydrogens (tertiary/aromatic N) is 2. The number of hydrogen-bond donors (Lipinski definition) is 0. The third kappa shape index (κ3) is 2.75. The summed E-state index contributed by atoms with van der Waals surface area (Å²) in [4.78, 5) is 23.1. The lowest BCUT2D eigenvalue weighted by Gasteiger charge is -2.13. The molecular formula is C13H18N2O2. The third-order valence-electron chi connectivity index (χ3n) is 3.29. The molecule has 2 rings (SSSR count). The van der Waals surface area contributed by atoms with Gasteiger partial charge in [-0.2, -0.15) is 0 Å². The molecule has 1 aliphatic rings. The zero-order valence-corrected chi connectivity index (χ0v) is 10.2. The molecule has 0 aromatic carbocycles. The SMILES string of the molecule is Cn1ccn(CCC2=CCCCC2)c(=O)c1=O. The van der Waals surface area contributed by atoms with Crippen molar-refractivity contribution in [2.75, 3.05) is 0 Å². The van der Waals surface area contributed by atoms with Crippen molar-refractivity contribution in [2.24, 2.45) is 7.05 Å². The molecule has 4 heteroatoms. The lowest BCUT2D eigenvalue weighted by Crippen LogP contribution is -2.39. The van der Waals surface area contributed by atoms with Crippen molar-refractivity contribution in [3.8, 4) is 0 Å². The fraction of sp³-hybridized carbons (Fsp3) is 0.538. The summed E-state index contributed by atoms with van der Waals surface area (Å²) in [5, 5.41) is 0. The van der Waals surface area contributed by atoms with Crippen LogP contribution in [0.1, 0.15) is 32.1 Å². The van der Waals surface area contributed by atoms with Crippen LogP contribution in [0.25, 0.3) is 0 Å². The summed E-state index contributed by atoms with van der Waals surface area (Å²) in [5.74, 6) is 0. The molecule has 0 fully saturated rings. The number of allylic oxidation sites excluding steroid dienone is 2. The molecule has 0 N–H and O–H groups in total. The summed E-state index contributed by atoms with van der Waals surface area (Å²) in [7, 11) is 1.59. The maximum atomic E-state index is 11.7. The van der Waals surface area contributed by atoms with E-state index in [2.05, 4.69) is 6.08 Å². The quantitative estimate of drug-likeness (QED) is 0.586. The highest BCUT2D eigenvalue weighted by Crippen LogP contribution is 2.20. The summed E-state index contributed by atoms with van der Waals surface area (Å²) < 4.78 is 2.83. The van der Waals surface area contributed by atoms with Crippen LogP contribution in [0.2, 0.25) is 0 Å². The molecule has 0 saturated carbocycles. The summed E-state index contributed by atoms with van der Waals surface area (Å²) in [6.45, 7) is 0.612. The van der Waals surface area contributed by atoms with Gasteiger partial charge in [0.15, 0.2) is 0 Å². The van der Waals surface area contributed by atoms with Crippen molar-refractivity contribution in [3.63, 3.8) is 0 Å². The fourth-order valence-electron chi connectivity index (χ4n) is 2.16. The molecule has 0 aliphatic heterocycles. The lowest BCUT2D eigenvalue weighted by atomic mass is 9.97. The second kappa shape index (κ2) is 5.17. The van der Waals surface area contributed by atoms with Gasteiger partial charge in [0, 0.05) is 26.0 Å². The molecular weight excluding hydrogens is 216 g/mol. The van der Waals surface area contributed by atoms with Gasteiger partial charge >= 0.3 is 11.1 Å². The standard InChI is InChI=1S/C13H18N2O2/c1-14-9-10-15(13(17)12(14)16)8-7-11-5-3-2-4-6-11/h5,9-10H,2-4,6-8H2,1H3. The van der Waals surface area contributed by atoms with E-state index < -0.39 is 11.1 Å². The molecule has 1 heterocycles. The Hall–Kier alpha value is -1.58. The summed E-state index contributed by atoms with van der Waals surface area (Å²) in [6, 6.07) is 0. The molecule has 17 heavy (non-hydrogen) atoms. The molecule has 1 aromatic heterocycles. The van der Waals surface area contributed by atoms with E-state index in [1.807, 2.05) is 0 Å². The Kier molecular flexibility index (Phi) is 3.61. The van der Waals surface area contributed by atoms with Crippen LogP contribution in [0.4, 0.5) is 0 Å². The van der Waals surface area contributed by atoms with E-state index in [1.54, 1.807) is 19.4 Å². The Morgan fingerprint density at radius 1 is 1.18 bits per heavy atom. The Balaban J connectivity index is 2.09. The smallest absolute Gasteiger partial charge is 0.312 e. The van der Waals surface area contributed by atoms with Crippen LogP contribution in [-0.2, 0) is 13.6 Å². The van der Waals surface area contributed by atoms with E-state index in [1.165, 1.54) is 27.5 Å². The van der Waals surface area contributed by atoms with Crippen LogP contribution in [-0.4, -0.2) is 9.13 Å². The first kappa shape index (κ1) is 11.9. The predicted molar refractivity (Wildman–Crippen MR) is 67.1 cm³/mol. The molecule has 1 aliphatic carbocycles. The highest BCUT2D eigenvalue weighted by molar-refractivity contribution is 5.04. The maximum Gasteiger partial charge on any atom is 0.316 e. The van der Waals surface area contributed by atoms with Crippen LogP contribution in [0.3, 0.4) is 0 Å². The van der Waals surface area contributed by atoms with Crippen molar-refractivity contribution >= 4 is 0 Å². The number of rotatable bonds is 3. The van der Waals surface area contributed by atoms with Crippen molar-refractivity contribution < 1.29 is 0 Å². The lowest BCUT2D eigenvalue weighted by molar-refractivity contribution is 0.599.